The molecule has 18 heavy (non-hydrogen) atoms. The Labute approximate surface area is 105 Å². The molecule has 1 aromatic rings. The van der Waals surface area contributed by atoms with Crippen molar-refractivity contribution in [1.29, 1.82) is 0 Å². The molecule has 1 N–H and O–H groups in total. The number of imide groups is 1. The lowest BCUT2D eigenvalue weighted by atomic mass is 9.93. The molecular weight excluding hydrogens is 230 g/mol. The number of carbonyl (C=O) groups is 2. The van der Waals surface area contributed by atoms with Crippen molar-refractivity contribution in [2.45, 2.75) is 25.7 Å². The Morgan fingerprint density at radius 3 is 2.06 bits per heavy atom. The van der Waals surface area contributed by atoms with Gasteiger partial charge in [0.05, 0.1) is 5.69 Å². The van der Waals surface area contributed by atoms with Gasteiger partial charge in [-0.2, -0.15) is 0 Å². The highest BCUT2D eigenvalue weighted by Crippen LogP contribution is 2.38. The standard InChI is InChI=1S/C14H13NO3/c16-12-8-4-3-7-11(12)15-13(17)9-5-1-2-6-10(9)14(15)18/h3-4,7-8,16H,1-2,5-6H2. The molecule has 1 aliphatic heterocycles. The van der Waals surface area contributed by atoms with Crippen molar-refractivity contribution in [2.75, 3.05) is 4.90 Å². The Morgan fingerprint density at radius 1 is 0.944 bits per heavy atom. The Hall–Kier alpha value is -2.10. The molecule has 0 radical (unpaired) electrons. The van der Waals surface area contributed by atoms with E-state index in [0.29, 0.717) is 24.0 Å². The Bertz CT molecular complexity index is 546. The number of hydrogen-bond donors (Lipinski definition) is 1. The smallest absolute Gasteiger partial charge is 0.261 e. The molecular formula is C14H13NO3. The topological polar surface area (TPSA) is 57.6 Å². The number of hydrogen-bond acceptors (Lipinski definition) is 3. The van der Waals surface area contributed by atoms with Crippen molar-refractivity contribution in [3.05, 3.63) is 35.4 Å². The van der Waals surface area contributed by atoms with Crippen molar-refractivity contribution in [1.82, 2.24) is 0 Å². The number of carbonyl (C=O) groups excluding carboxylic acids is 2. The largest absolute Gasteiger partial charge is 0.506 e. The average Bonchev–Trinajstić information content (AvgIpc) is 2.64. The normalized spacial score (nSPS) is 19.4. The summed E-state index contributed by atoms with van der Waals surface area (Å²) in [6, 6.07) is 6.43. The van der Waals surface area contributed by atoms with Gasteiger partial charge in [0, 0.05) is 11.1 Å². The van der Waals surface area contributed by atoms with E-state index >= 15 is 0 Å². The first-order chi connectivity index (χ1) is 8.70. The number of anilines is 1. The monoisotopic (exact) mass is 243 g/mol. The summed E-state index contributed by atoms with van der Waals surface area (Å²) in [5.74, 6) is -0.577. The van der Waals surface area contributed by atoms with Gasteiger partial charge in [0.1, 0.15) is 5.75 Å². The Morgan fingerprint density at radius 2 is 1.50 bits per heavy atom. The predicted molar refractivity (Wildman–Crippen MR) is 66.1 cm³/mol. The van der Waals surface area contributed by atoms with Crippen molar-refractivity contribution >= 4 is 17.5 Å². The molecule has 0 unspecified atom stereocenters. The second kappa shape index (κ2) is 3.98. The fraction of sp³-hybridized carbons (Fsp3) is 0.286. The lowest BCUT2D eigenvalue weighted by Crippen LogP contribution is -2.31. The van der Waals surface area contributed by atoms with Crippen LogP contribution in [0.3, 0.4) is 0 Å². The van der Waals surface area contributed by atoms with E-state index in [1.165, 1.54) is 6.07 Å². The van der Waals surface area contributed by atoms with E-state index in [2.05, 4.69) is 0 Å². The zero-order valence-electron chi connectivity index (χ0n) is 9.85. The molecule has 4 heteroatoms. The van der Waals surface area contributed by atoms with Crippen molar-refractivity contribution in [2.24, 2.45) is 0 Å². The molecule has 0 atom stereocenters. The molecule has 0 saturated carbocycles. The number of rotatable bonds is 1. The number of para-hydroxylation sites is 2. The lowest BCUT2D eigenvalue weighted by molar-refractivity contribution is -0.120. The third-order valence-corrected chi connectivity index (χ3v) is 3.51. The SMILES string of the molecule is O=C1C2=C(CCCC2)C(=O)N1c1ccccc1O. The van der Waals surface area contributed by atoms with Crippen LogP contribution >= 0.6 is 0 Å². The van der Waals surface area contributed by atoms with E-state index in [9.17, 15) is 14.7 Å². The molecule has 92 valence electrons. The van der Waals surface area contributed by atoms with Gasteiger partial charge < -0.3 is 5.11 Å². The van der Waals surface area contributed by atoms with Crippen LogP contribution in [-0.4, -0.2) is 16.9 Å². The summed E-state index contributed by atoms with van der Waals surface area (Å²) in [4.78, 5) is 25.6. The quantitative estimate of drug-likeness (QED) is 0.769. The van der Waals surface area contributed by atoms with E-state index in [4.69, 9.17) is 0 Å². The molecule has 0 bridgehead atoms. The summed E-state index contributed by atoms with van der Waals surface area (Å²) in [5, 5.41) is 9.78. The maximum Gasteiger partial charge on any atom is 0.261 e. The van der Waals surface area contributed by atoms with Crippen LogP contribution in [-0.2, 0) is 9.59 Å². The van der Waals surface area contributed by atoms with Crippen LogP contribution in [0.4, 0.5) is 5.69 Å². The Kier molecular flexibility index (Phi) is 2.44. The highest BCUT2D eigenvalue weighted by molar-refractivity contribution is 6.33. The molecule has 2 amide bonds. The third kappa shape index (κ3) is 1.45. The van der Waals surface area contributed by atoms with Gasteiger partial charge in [-0.1, -0.05) is 12.1 Å². The van der Waals surface area contributed by atoms with Gasteiger partial charge in [0.2, 0.25) is 0 Å². The van der Waals surface area contributed by atoms with Crippen LogP contribution in [0, 0.1) is 0 Å². The third-order valence-electron chi connectivity index (χ3n) is 3.51. The van der Waals surface area contributed by atoms with Gasteiger partial charge in [-0.25, -0.2) is 4.90 Å². The van der Waals surface area contributed by atoms with Crippen molar-refractivity contribution in [3.63, 3.8) is 0 Å². The summed E-state index contributed by atoms with van der Waals surface area (Å²) in [5.41, 5.74) is 1.55. The fourth-order valence-electron chi connectivity index (χ4n) is 2.61. The molecule has 2 aliphatic rings. The molecule has 0 fully saturated rings. The van der Waals surface area contributed by atoms with Crippen LogP contribution in [0.5, 0.6) is 5.75 Å². The molecule has 3 rings (SSSR count). The van der Waals surface area contributed by atoms with Gasteiger partial charge in [-0.3, -0.25) is 9.59 Å². The maximum atomic E-state index is 12.2. The Balaban J connectivity index is 2.05. The number of nitrogens with zero attached hydrogens (tertiary/aromatic N) is 1. The van der Waals surface area contributed by atoms with Gasteiger partial charge in [0.15, 0.2) is 0 Å². The summed E-state index contributed by atoms with van der Waals surface area (Å²) in [7, 11) is 0. The van der Waals surface area contributed by atoms with Gasteiger partial charge >= 0.3 is 0 Å². The zero-order chi connectivity index (χ0) is 12.7. The summed E-state index contributed by atoms with van der Waals surface area (Å²) in [6.45, 7) is 0. The highest BCUT2D eigenvalue weighted by Gasteiger charge is 2.40. The lowest BCUT2D eigenvalue weighted by Gasteiger charge is -2.16. The minimum absolute atomic E-state index is 0.0425. The molecule has 0 spiro atoms. The van der Waals surface area contributed by atoms with Crippen molar-refractivity contribution in [3.8, 4) is 5.75 Å². The van der Waals surface area contributed by atoms with E-state index in [-0.39, 0.29) is 23.3 Å². The number of benzene rings is 1. The zero-order valence-corrected chi connectivity index (χ0v) is 9.85. The van der Waals surface area contributed by atoms with Crippen LogP contribution in [0.15, 0.2) is 35.4 Å². The molecule has 1 heterocycles. The average molecular weight is 243 g/mol. The minimum Gasteiger partial charge on any atom is -0.506 e. The van der Waals surface area contributed by atoms with Gasteiger partial charge in [0.25, 0.3) is 11.8 Å². The number of phenols is 1. The van der Waals surface area contributed by atoms with Crippen LogP contribution in [0.1, 0.15) is 25.7 Å². The van der Waals surface area contributed by atoms with E-state index in [0.717, 1.165) is 17.7 Å². The first-order valence-electron chi connectivity index (χ1n) is 6.09. The maximum absolute atomic E-state index is 12.2. The van der Waals surface area contributed by atoms with E-state index in [1.54, 1.807) is 18.2 Å². The predicted octanol–water partition coefficient (Wildman–Crippen LogP) is 2.14. The minimum atomic E-state index is -0.267. The van der Waals surface area contributed by atoms with Crippen molar-refractivity contribution < 1.29 is 14.7 Å². The van der Waals surface area contributed by atoms with Crippen LogP contribution < -0.4 is 4.90 Å². The number of amides is 2. The fourth-order valence-corrected chi connectivity index (χ4v) is 2.61. The van der Waals surface area contributed by atoms with Gasteiger partial charge in [-0.05, 0) is 37.8 Å². The first-order valence-corrected chi connectivity index (χ1v) is 6.09. The second-order valence-corrected chi connectivity index (χ2v) is 4.60. The molecule has 0 saturated heterocycles. The van der Waals surface area contributed by atoms with Gasteiger partial charge in [-0.15, -0.1) is 0 Å². The highest BCUT2D eigenvalue weighted by atomic mass is 16.3. The number of phenolic OH excluding ortho intramolecular Hbond substituents is 1. The molecule has 0 aromatic heterocycles. The van der Waals surface area contributed by atoms with Crippen LogP contribution in [0.2, 0.25) is 0 Å². The van der Waals surface area contributed by atoms with E-state index in [1.807, 2.05) is 0 Å². The summed E-state index contributed by atoms with van der Waals surface area (Å²) in [6.07, 6.45) is 3.24. The number of aromatic hydroxyl groups is 1. The first kappa shape index (κ1) is 11.0. The second-order valence-electron chi connectivity index (χ2n) is 4.60. The molecule has 1 aromatic carbocycles. The van der Waals surface area contributed by atoms with Crippen LogP contribution in [0.25, 0.3) is 0 Å². The summed E-state index contributed by atoms with van der Waals surface area (Å²) < 4.78 is 0. The summed E-state index contributed by atoms with van der Waals surface area (Å²) >= 11 is 0. The molecule has 1 aliphatic carbocycles. The molecule has 4 nitrogen and oxygen atoms in total. The van der Waals surface area contributed by atoms with E-state index < -0.39 is 0 Å².